The molecule has 10 heteroatoms. The van der Waals surface area contributed by atoms with E-state index in [2.05, 4.69) is 15.2 Å². The SMILES string of the molecule is COc1ccc(S(=N)(=O)/C=C/CNC(=O)c2cc3c([nH]c2=O)CCN(CC2CC2)C3)cc1F. The maximum absolute atomic E-state index is 13.9. The molecule has 4 rings (SSSR count). The number of carbonyl (C=O) groups excluding carboxylic acids is 1. The van der Waals surface area contributed by atoms with Crippen LogP contribution < -0.4 is 15.6 Å². The summed E-state index contributed by atoms with van der Waals surface area (Å²) in [5.74, 6) is -0.490. The lowest BCUT2D eigenvalue weighted by atomic mass is 10.0. The number of halogens is 1. The second-order valence-electron chi connectivity index (χ2n) is 8.42. The fourth-order valence-electron chi connectivity index (χ4n) is 3.90. The topological polar surface area (TPSA) is 115 Å². The van der Waals surface area contributed by atoms with Gasteiger partial charge in [0.25, 0.3) is 11.5 Å². The molecule has 2 heterocycles. The molecule has 1 fully saturated rings. The predicted molar refractivity (Wildman–Crippen MR) is 122 cm³/mol. The van der Waals surface area contributed by atoms with Gasteiger partial charge in [-0.25, -0.2) is 13.4 Å². The lowest BCUT2D eigenvalue weighted by Gasteiger charge is -2.28. The van der Waals surface area contributed by atoms with E-state index in [0.717, 1.165) is 48.2 Å². The van der Waals surface area contributed by atoms with Crippen molar-refractivity contribution in [1.82, 2.24) is 15.2 Å². The highest BCUT2D eigenvalue weighted by atomic mass is 32.2. The Morgan fingerprint density at radius 1 is 1.39 bits per heavy atom. The molecule has 1 aromatic heterocycles. The standard InChI is InChI=1S/C23H27FN4O4S/c1-32-21-6-5-17(12-19(21)24)33(25,31)10-2-8-26-22(29)18-11-16-14-28(13-15-3-4-15)9-7-20(16)27-23(18)30/h2,5-6,10-12,15,25H,3-4,7-9,13-14H2,1H3,(H,26,29)(H,27,30)/b10-2+. The van der Waals surface area contributed by atoms with Crippen LogP contribution in [0.15, 0.2) is 45.4 Å². The van der Waals surface area contributed by atoms with Crippen LogP contribution >= 0.6 is 0 Å². The van der Waals surface area contributed by atoms with Crippen LogP contribution in [0.25, 0.3) is 0 Å². The van der Waals surface area contributed by atoms with Gasteiger partial charge in [-0.1, -0.05) is 6.08 Å². The molecule has 1 amide bonds. The molecule has 1 aliphatic carbocycles. The van der Waals surface area contributed by atoms with Gasteiger partial charge < -0.3 is 15.0 Å². The number of methoxy groups -OCH3 is 1. The van der Waals surface area contributed by atoms with Crippen LogP contribution in [-0.4, -0.2) is 46.7 Å². The predicted octanol–water partition coefficient (Wildman–Crippen LogP) is 2.64. The number of benzene rings is 1. The first-order valence-corrected chi connectivity index (χ1v) is 12.4. The molecule has 2 aliphatic rings. The minimum Gasteiger partial charge on any atom is -0.494 e. The molecule has 8 nitrogen and oxygen atoms in total. The van der Waals surface area contributed by atoms with E-state index in [1.807, 2.05) is 0 Å². The molecular weight excluding hydrogens is 447 g/mol. The molecule has 0 saturated heterocycles. The fourth-order valence-corrected chi connectivity index (χ4v) is 4.97. The third-order valence-electron chi connectivity index (χ3n) is 5.89. The molecule has 0 bridgehead atoms. The van der Waals surface area contributed by atoms with Crippen molar-refractivity contribution in [3.8, 4) is 5.75 Å². The van der Waals surface area contributed by atoms with Crippen LogP contribution in [0.3, 0.4) is 0 Å². The number of hydrogen-bond donors (Lipinski definition) is 3. The molecule has 33 heavy (non-hydrogen) atoms. The van der Waals surface area contributed by atoms with Gasteiger partial charge in [0, 0.05) is 43.7 Å². The van der Waals surface area contributed by atoms with E-state index in [1.54, 1.807) is 6.07 Å². The average molecular weight is 475 g/mol. The number of hydrogen-bond acceptors (Lipinski definition) is 6. The first-order chi connectivity index (χ1) is 15.8. The minimum atomic E-state index is -3.40. The van der Waals surface area contributed by atoms with Crippen molar-refractivity contribution in [3.05, 3.63) is 68.7 Å². The highest BCUT2D eigenvalue weighted by Gasteiger charge is 2.27. The van der Waals surface area contributed by atoms with Crippen LogP contribution in [0.1, 0.15) is 34.5 Å². The Morgan fingerprint density at radius 2 is 2.18 bits per heavy atom. The number of ether oxygens (including phenoxy) is 1. The lowest BCUT2D eigenvalue weighted by molar-refractivity contribution is 0.0956. The Morgan fingerprint density at radius 3 is 2.88 bits per heavy atom. The summed E-state index contributed by atoms with van der Waals surface area (Å²) in [6.45, 7) is 2.63. The number of pyridine rings is 1. The Kier molecular flexibility index (Phi) is 6.66. The highest BCUT2D eigenvalue weighted by Crippen LogP contribution is 2.31. The smallest absolute Gasteiger partial charge is 0.261 e. The fraction of sp³-hybridized carbons (Fsp3) is 0.391. The van der Waals surface area contributed by atoms with Crippen molar-refractivity contribution < 1.29 is 18.1 Å². The van der Waals surface area contributed by atoms with Crippen LogP contribution in [0.4, 0.5) is 4.39 Å². The summed E-state index contributed by atoms with van der Waals surface area (Å²) in [6, 6.07) is 5.32. The van der Waals surface area contributed by atoms with Gasteiger partial charge in [0.05, 0.1) is 21.7 Å². The van der Waals surface area contributed by atoms with Crippen LogP contribution in [-0.2, 0) is 22.7 Å². The molecular formula is C23H27FN4O4S. The Bertz CT molecular complexity index is 1250. The first kappa shape index (κ1) is 23.2. The summed E-state index contributed by atoms with van der Waals surface area (Å²) in [5.41, 5.74) is 1.42. The number of rotatable bonds is 8. The Balaban J connectivity index is 1.39. The number of H-pyrrole nitrogens is 1. The lowest BCUT2D eigenvalue weighted by Crippen LogP contribution is -2.36. The van der Waals surface area contributed by atoms with Crippen LogP contribution in [0, 0.1) is 16.5 Å². The zero-order valence-electron chi connectivity index (χ0n) is 18.4. The number of aromatic amines is 1. The summed E-state index contributed by atoms with van der Waals surface area (Å²) in [6.07, 6.45) is 4.66. The van der Waals surface area contributed by atoms with E-state index in [9.17, 15) is 18.2 Å². The third kappa shape index (κ3) is 5.51. The normalized spacial score (nSPS) is 18.0. The molecule has 176 valence electrons. The van der Waals surface area contributed by atoms with E-state index in [0.29, 0.717) is 6.54 Å². The summed E-state index contributed by atoms with van der Waals surface area (Å²) < 4.78 is 39.3. The molecule has 0 spiro atoms. The highest BCUT2D eigenvalue weighted by molar-refractivity contribution is 7.95. The molecule has 1 atom stereocenters. The minimum absolute atomic E-state index is 0.00359. The summed E-state index contributed by atoms with van der Waals surface area (Å²) in [5, 5.41) is 3.70. The maximum atomic E-state index is 13.9. The van der Waals surface area contributed by atoms with Gasteiger partial charge in [-0.3, -0.25) is 14.5 Å². The zero-order chi connectivity index (χ0) is 23.6. The number of amides is 1. The van der Waals surface area contributed by atoms with E-state index in [4.69, 9.17) is 9.52 Å². The van der Waals surface area contributed by atoms with Crippen LogP contribution in [0.5, 0.6) is 5.75 Å². The first-order valence-electron chi connectivity index (χ1n) is 10.8. The van der Waals surface area contributed by atoms with Gasteiger partial charge in [-0.05, 0) is 48.6 Å². The summed E-state index contributed by atoms with van der Waals surface area (Å²) in [7, 11) is -2.09. The molecule has 2 aromatic rings. The number of aromatic nitrogens is 1. The molecule has 1 unspecified atom stereocenters. The van der Waals surface area contributed by atoms with Gasteiger partial charge in [0.2, 0.25) is 0 Å². The van der Waals surface area contributed by atoms with Crippen molar-refractivity contribution >= 4 is 15.6 Å². The second kappa shape index (κ2) is 9.48. The van der Waals surface area contributed by atoms with Gasteiger partial charge in [-0.15, -0.1) is 0 Å². The zero-order valence-corrected chi connectivity index (χ0v) is 19.2. The van der Waals surface area contributed by atoms with E-state index < -0.39 is 27.0 Å². The third-order valence-corrected chi connectivity index (χ3v) is 7.42. The monoisotopic (exact) mass is 474 g/mol. The van der Waals surface area contributed by atoms with E-state index in [-0.39, 0.29) is 22.8 Å². The molecule has 3 N–H and O–H groups in total. The van der Waals surface area contributed by atoms with Crippen molar-refractivity contribution in [3.63, 3.8) is 0 Å². The number of nitrogens with zero attached hydrogens (tertiary/aromatic N) is 1. The van der Waals surface area contributed by atoms with Gasteiger partial charge >= 0.3 is 0 Å². The van der Waals surface area contributed by atoms with Crippen LogP contribution in [0.2, 0.25) is 0 Å². The number of nitrogens with one attached hydrogen (secondary N) is 3. The molecule has 1 saturated carbocycles. The quantitative estimate of drug-likeness (QED) is 0.544. The molecule has 1 aliphatic heterocycles. The summed E-state index contributed by atoms with van der Waals surface area (Å²) in [4.78, 5) is 30.1. The summed E-state index contributed by atoms with van der Waals surface area (Å²) >= 11 is 0. The molecule has 0 radical (unpaired) electrons. The van der Waals surface area contributed by atoms with Crippen molar-refractivity contribution in [1.29, 1.82) is 4.78 Å². The van der Waals surface area contributed by atoms with Crippen molar-refractivity contribution in [2.24, 2.45) is 5.92 Å². The average Bonchev–Trinajstić information content (AvgIpc) is 3.60. The number of carbonyl (C=O) groups is 1. The van der Waals surface area contributed by atoms with Gasteiger partial charge in [0.1, 0.15) is 5.56 Å². The molecule has 1 aromatic carbocycles. The van der Waals surface area contributed by atoms with E-state index in [1.165, 1.54) is 38.2 Å². The maximum Gasteiger partial charge on any atom is 0.261 e. The van der Waals surface area contributed by atoms with Crippen molar-refractivity contribution in [2.75, 3.05) is 26.7 Å². The van der Waals surface area contributed by atoms with Crippen molar-refractivity contribution in [2.45, 2.75) is 30.7 Å². The second-order valence-corrected chi connectivity index (χ2v) is 10.4. The Hall–Kier alpha value is -2.98. The Labute approximate surface area is 191 Å². The van der Waals surface area contributed by atoms with E-state index >= 15 is 0 Å². The largest absolute Gasteiger partial charge is 0.494 e. The van der Waals surface area contributed by atoms with Gasteiger partial charge in [0.15, 0.2) is 11.6 Å². The van der Waals surface area contributed by atoms with Gasteiger partial charge in [-0.2, -0.15) is 0 Å². The number of fused-ring (bicyclic) bond motifs is 1.